The van der Waals surface area contributed by atoms with Gasteiger partial charge in [-0.25, -0.2) is 0 Å². The molecule has 0 spiro atoms. The van der Waals surface area contributed by atoms with Crippen LogP contribution in [-0.2, 0) is 6.42 Å². The number of aromatic nitrogens is 1. The van der Waals surface area contributed by atoms with Crippen molar-refractivity contribution in [3.63, 3.8) is 0 Å². The molecule has 0 saturated heterocycles. The third-order valence-corrected chi connectivity index (χ3v) is 2.72. The zero-order valence-corrected chi connectivity index (χ0v) is 8.93. The number of rotatable bonds is 3. The molecular weight excluding hydrogens is 170 g/mol. The fourth-order valence-corrected chi connectivity index (χ4v) is 1.87. The molecule has 0 bridgehead atoms. The summed E-state index contributed by atoms with van der Waals surface area (Å²) in [5.74, 6) is 0. The van der Waals surface area contributed by atoms with E-state index in [4.69, 9.17) is 0 Å². The minimum atomic E-state index is 1.19. The summed E-state index contributed by atoms with van der Waals surface area (Å²) < 4.78 is 0. The Hall–Kier alpha value is -1.24. The normalized spacial score (nSPS) is 11.0. The van der Waals surface area contributed by atoms with E-state index in [9.17, 15) is 0 Å². The maximum Gasteiger partial charge on any atom is 0.0456 e. The summed E-state index contributed by atoms with van der Waals surface area (Å²) in [5, 5.41) is 1.40. The number of benzene rings is 1. The predicted molar refractivity (Wildman–Crippen MR) is 61.6 cm³/mol. The van der Waals surface area contributed by atoms with Crippen LogP contribution in [0.4, 0.5) is 0 Å². The van der Waals surface area contributed by atoms with Gasteiger partial charge in [-0.15, -0.1) is 0 Å². The number of nitrogens with one attached hydrogen (secondary N) is 1. The molecule has 0 fully saturated rings. The second kappa shape index (κ2) is 3.87. The number of aryl methyl sites for hydroxylation is 2. The fraction of sp³-hybridized carbons (Fsp3) is 0.385. The lowest BCUT2D eigenvalue weighted by atomic mass is 10.1. The van der Waals surface area contributed by atoms with Crippen LogP contribution in [-0.4, -0.2) is 4.98 Å². The van der Waals surface area contributed by atoms with Gasteiger partial charge in [0.2, 0.25) is 0 Å². The van der Waals surface area contributed by atoms with Gasteiger partial charge in [-0.2, -0.15) is 0 Å². The Balaban J connectivity index is 2.40. The molecular formula is C13H17N. The van der Waals surface area contributed by atoms with Crippen molar-refractivity contribution in [3.05, 3.63) is 35.5 Å². The first kappa shape index (κ1) is 9.32. The number of hydrogen-bond acceptors (Lipinski definition) is 0. The molecule has 2 rings (SSSR count). The van der Waals surface area contributed by atoms with E-state index in [2.05, 4.69) is 43.2 Å². The zero-order chi connectivity index (χ0) is 9.97. The van der Waals surface area contributed by atoms with Crippen molar-refractivity contribution in [1.82, 2.24) is 4.98 Å². The Bertz CT molecular complexity index is 426. The highest BCUT2D eigenvalue weighted by Gasteiger charge is 2.02. The number of fused-ring (bicyclic) bond motifs is 1. The number of aromatic amines is 1. The lowest BCUT2D eigenvalue weighted by Crippen LogP contribution is -1.82. The largest absolute Gasteiger partial charge is 0.361 e. The van der Waals surface area contributed by atoms with Crippen LogP contribution in [0.3, 0.4) is 0 Å². The highest BCUT2D eigenvalue weighted by atomic mass is 14.7. The summed E-state index contributed by atoms with van der Waals surface area (Å²) in [6, 6.07) is 6.60. The van der Waals surface area contributed by atoms with E-state index in [-0.39, 0.29) is 0 Å². The van der Waals surface area contributed by atoms with Gasteiger partial charge >= 0.3 is 0 Å². The maximum atomic E-state index is 3.32. The third-order valence-electron chi connectivity index (χ3n) is 2.72. The SMILES string of the molecule is CCCCc1c[nH]c2ccc(C)cc12. The predicted octanol–water partition coefficient (Wildman–Crippen LogP) is 3.82. The average molecular weight is 187 g/mol. The Morgan fingerprint density at radius 2 is 2.14 bits per heavy atom. The van der Waals surface area contributed by atoms with Crippen molar-refractivity contribution >= 4 is 10.9 Å². The first-order chi connectivity index (χ1) is 6.81. The van der Waals surface area contributed by atoms with Crippen LogP contribution in [0.25, 0.3) is 10.9 Å². The van der Waals surface area contributed by atoms with Crippen LogP contribution >= 0.6 is 0 Å². The molecule has 1 heteroatoms. The second-order valence-corrected chi connectivity index (χ2v) is 3.97. The smallest absolute Gasteiger partial charge is 0.0456 e. The molecule has 74 valence electrons. The zero-order valence-electron chi connectivity index (χ0n) is 8.93. The quantitative estimate of drug-likeness (QED) is 0.752. The van der Waals surface area contributed by atoms with Crippen LogP contribution in [0, 0.1) is 6.92 Å². The summed E-state index contributed by atoms with van der Waals surface area (Å²) in [6.45, 7) is 4.39. The topological polar surface area (TPSA) is 15.8 Å². The van der Waals surface area contributed by atoms with Crippen LogP contribution in [0.2, 0.25) is 0 Å². The van der Waals surface area contributed by atoms with E-state index >= 15 is 0 Å². The Morgan fingerprint density at radius 3 is 2.93 bits per heavy atom. The molecule has 1 heterocycles. The molecule has 1 aromatic heterocycles. The summed E-state index contributed by atoms with van der Waals surface area (Å²) in [6.07, 6.45) is 5.89. The van der Waals surface area contributed by atoms with E-state index < -0.39 is 0 Å². The molecule has 1 nitrogen and oxygen atoms in total. The van der Waals surface area contributed by atoms with Gasteiger partial charge in [0, 0.05) is 17.1 Å². The molecule has 0 amide bonds. The monoisotopic (exact) mass is 187 g/mol. The standard InChI is InChI=1S/C13H17N/c1-3-4-5-11-9-14-13-7-6-10(2)8-12(11)13/h6-9,14H,3-5H2,1-2H3. The number of hydrogen-bond donors (Lipinski definition) is 1. The van der Waals surface area contributed by atoms with Crippen LogP contribution < -0.4 is 0 Å². The highest BCUT2D eigenvalue weighted by Crippen LogP contribution is 2.21. The molecule has 0 aliphatic carbocycles. The lowest BCUT2D eigenvalue weighted by Gasteiger charge is -1.98. The van der Waals surface area contributed by atoms with Crippen molar-refractivity contribution in [2.24, 2.45) is 0 Å². The van der Waals surface area contributed by atoms with Gasteiger partial charge in [0.15, 0.2) is 0 Å². The Kier molecular flexibility index (Phi) is 2.58. The van der Waals surface area contributed by atoms with Gasteiger partial charge in [-0.1, -0.05) is 25.0 Å². The molecule has 2 aromatic rings. The molecule has 0 atom stereocenters. The minimum absolute atomic E-state index is 1.19. The highest BCUT2D eigenvalue weighted by molar-refractivity contribution is 5.83. The van der Waals surface area contributed by atoms with Gasteiger partial charge in [0.05, 0.1) is 0 Å². The summed E-state index contributed by atoms with van der Waals surface area (Å²) in [7, 11) is 0. The van der Waals surface area contributed by atoms with Gasteiger partial charge in [0.25, 0.3) is 0 Å². The van der Waals surface area contributed by atoms with Crippen molar-refractivity contribution in [2.75, 3.05) is 0 Å². The molecule has 0 radical (unpaired) electrons. The lowest BCUT2D eigenvalue weighted by molar-refractivity contribution is 0.799. The molecule has 1 aromatic carbocycles. The van der Waals surface area contributed by atoms with Crippen LogP contribution in [0.1, 0.15) is 30.9 Å². The van der Waals surface area contributed by atoms with Gasteiger partial charge in [-0.3, -0.25) is 0 Å². The van der Waals surface area contributed by atoms with Crippen molar-refractivity contribution < 1.29 is 0 Å². The van der Waals surface area contributed by atoms with Crippen LogP contribution in [0.5, 0.6) is 0 Å². The van der Waals surface area contributed by atoms with Crippen molar-refractivity contribution in [1.29, 1.82) is 0 Å². The first-order valence-corrected chi connectivity index (χ1v) is 5.38. The van der Waals surface area contributed by atoms with Gasteiger partial charge in [-0.05, 0) is 37.5 Å². The van der Waals surface area contributed by atoms with E-state index in [1.165, 1.54) is 41.3 Å². The number of unbranched alkanes of at least 4 members (excludes halogenated alkanes) is 1. The van der Waals surface area contributed by atoms with Crippen LogP contribution in [0.15, 0.2) is 24.4 Å². The van der Waals surface area contributed by atoms with Crippen molar-refractivity contribution in [2.45, 2.75) is 33.1 Å². The molecule has 14 heavy (non-hydrogen) atoms. The summed E-state index contributed by atoms with van der Waals surface area (Å²) in [5.41, 5.74) is 4.07. The fourth-order valence-electron chi connectivity index (χ4n) is 1.87. The second-order valence-electron chi connectivity index (χ2n) is 3.97. The molecule has 0 aliphatic rings. The van der Waals surface area contributed by atoms with Gasteiger partial charge in [0.1, 0.15) is 0 Å². The first-order valence-electron chi connectivity index (χ1n) is 5.38. The molecule has 0 aliphatic heterocycles. The molecule has 1 N–H and O–H groups in total. The van der Waals surface area contributed by atoms with E-state index in [1.807, 2.05) is 0 Å². The average Bonchev–Trinajstić information content (AvgIpc) is 2.57. The van der Waals surface area contributed by atoms with E-state index in [1.54, 1.807) is 0 Å². The molecule has 0 unspecified atom stereocenters. The van der Waals surface area contributed by atoms with Crippen molar-refractivity contribution in [3.8, 4) is 0 Å². The Morgan fingerprint density at radius 1 is 1.29 bits per heavy atom. The maximum absolute atomic E-state index is 3.32. The van der Waals surface area contributed by atoms with E-state index in [0.29, 0.717) is 0 Å². The summed E-state index contributed by atoms with van der Waals surface area (Å²) in [4.78, 5) is 3.32. The summed E-state index contributed by atoms with van der Waals surface area (Å²) >= 11 is 0. The van der Waals surface area contributed by atoms with E-state index in [0.717, 1.165) is 0 Å². The van der Waals surface area contributed by atoms with Gasteiger partial charge < -0.3 is 4.98 Å². The Labute approximate surface area is 85.1 Å². The minimum Gasteiger partial charge on any atom is -0.361 e. The molecule has 0 saturated carbocycles. The third kappa shape index (κ3) is 1.67. The number of H-pyrrole nitrogens is 1.